The molecule has 7 heteroatoms. The quantitative estimate of drug-likeness (QED) is 0.791. The molecule has 1 fully saturated rings. The molecule has 1 unspecified atom stereocenters. The van der Waals surface area contributed by atoms with Gasteiger partial charge in [0.1, 0.15) is 11.3 Å². The van der Waals surface area contributed by atoms with Gasteiger partial charge in [-0.2, -0.15) is 9.49 Å². The summed E-state index contributed by atoms with van der Waals surface area (Å²) in [7, 11) is 1.21. The van der Waals surface area contributed by atoms with Crippen LogP contribution >= 0.6 is 0 Å². The first-order chi connectivity index (χ1) is 11.9. The lowest BCUT2D eigenvalue weighted by atomic mass is 10.00. The number of amides is 1. The molecule has 1 saturated carbocycles. The summed E-state index contributed by atoms with van der Waals surface area (Å²) >= 11 is 0. The highest BCUT2D eigenvalue weighted by atomic mass is 19.3. The number of halogens is 3. The Morgan fingerprint density at radius 2 is 1.96 bits per heavy atom. The Hall–Kier alpha value is -2.31. The molecule has 1 aromatic carbocycles. The standard InChI is InChI=1S/C18H20F3N3O/c1-11(12-6-4-3-5-7-12)10-24(13-8-9-13)18(25)14-15(16(19)20)22-23(2)17(14)21/h3-7,11,13,16H,8-10H2,1-2H3. The predicted molar refractivity (Wildman–Crippen MR) is 87.0 cm³/mol. The molecule has 0 spiro atoms. The molecule has 1 amide bonds. The van der Waals surface area contributed by atoms with Crippen LogP contribution in [0.2, 0.25) is 0 Å². The molecule has 4 nitrogen and oxygen atoms in total. The fraction of sp³-hybridized carbons (Fsp3) is 0.444. The van der Waals surface area contributed by atoms with Crippen LogP contribution in [-0.2, 0) is 7.05 Å². The van der Waals surface area contributed by atoms with Crippen molar-refractivity contribution in [1.82, 2.24) is 14.7 Å². The first-order valence-corrected chi connectivity index (χ1v) is 8.26. The fourth-order valence-electron chi connectivity index (χ4n) is 2.98. The highest BCUT2D eigenvalue weighted by Gasteiger charge is 2.38. The molecule has 0 bridgehead atoms. The molecule has 0 radical (unpaired) electrons. The van der Waals surface area contributed by atoms with Crippen molar-refractivity contribution < 1.29 is 18.0 Å². The number of benzene rings is 1. The average molecular weight is 351 g/mol. The molecule has 134 valence electrons. The number of rotatable bonds is 6. The van der Waals surface area contributed by atoms with E-state index < -0.39 is 29.5 Å². The molecule has 1 aliphatic carbocycles. The van der Waals surface area contributed by atoms with E-state index >= 15 is 0 Å². The van der Waals surface area contributed by atoms with Gasteiger partial charge in [0, 0.05) is 19.6 Å². The van der Waals surface area contributed by atoms with Gasteiger partial charge in [-0.1, -0.05) is 37.3 Å². The minimum absolute atomic E-state index is 0.0143. The Morgan fingerprint density at radius 1 is 1.32 bits per heavy atom. The van der Waals surface area contributed by atoms with E-state index in [1.807, 2.05) is 37.3 Å². The number of aryl methyl sites for hydroxylation is 1. The summed E-state index contributed by atoms with van der Waals surface area (Å²) in [5.74, 6) is -1.70. The van der Waals surface area contributed by atoms with Crippen LogP contribution in [-0.4, -0.2) is 33.2 Å². The van der Waals surface area contributed by atoms with E-state index in [0.29, 0.717) is 11.2 Å². The van der Waals surface area contributed by atoms with Gasteiger partial charge in [-0.3, -0.25) is 4.79 Å². The SMILES string of the molecule is CC(CN(C(=O)c1c(C(F)F)nn(C)c1F)C1CC1)c1ccccc1. The van der Waals surface area contributed by atoms with E-state index in [0.717, 1.165) is 18.4 Å². The highest BCUT2D eigenvalue weighted by Crippen LogP contribution is 2.33. The Balaban J connectivity index is 1.88. The molecule has 1 aliphatic rings. The maximum absolute atomic E-state index is 14.3. The zero-order valence-corrected chi connectivity index (χ0v) is 14.1. The van der Waals surface area contributed by atoms with Crippen molar-refractivity contribution in [3.63, 3.8) is 0 Å². The summed E-state index contributed by atoms with van der Waals surface area (Å²) in [4.78, 5) is 14.4. The maximum atomic E-state index is 14.3. The smallest absolute Gasteiger partial charge is 0.283 e. The van der Waals surface area contributed by atoms with Crippen LogP contribution in [0.4, 0.5) is 13.2 Å². The van der Waals surface area contributed by atoms with Crippen molar-refractivity contribution in [2.45, 2.75) is 38.2 Å². The molecule has 0 N–H and O–H groups in total. The van der Waals surface area contributed by atoms with Gasteiger partial charge in [-0.05, 0) is 24.3 Å². The fourth-order valence-corrected chi connectivity index (χ4v) is 2.98. The number of hydrogen-bond acceptors (Lipinski definition) is 2. The minimum atomic E-state index is -3.00. The summed E-state index contributed by atoms with van der Waals surface area (Å²) in [6.07, 6.45) is -1.39. The molecular formula is C18H20F3N3O. The van der Waals surface area contributed by atoms with Gasteiger partial charge in [-0.15, -0.1) is 0 Å². The van der Waals surface area contributed by atoms with Crippen molar-refractivity contribution in [3.05, 3.63) is 53.1 Å². The monoisotopic (exact) mass is 351 g/mol. The Morgan fingerprint density at radius 3 is 2.52 bits per heavy atom. The number of alkyl halides is 2. The Labute approximate surface area is 144 Å². The van der Waals surface area contributed by atoms with Crippen LogP contribution in [0.25, 0.3) is 0 Å². The van der Waals surface area contributed by atoms with E-state index in [2.05, 4.69) is 5.10 Å². The van der Waals surface area contributed by atoms with E-state index in [1.165, 1.54) is 11.9 Å². The van der Waals surface area contributed by atoms with Crippen LogP contribution < -0.4 is 0 Å². The van der Waals surface area contributed by atoms with E-state index in [1.54, 1.807) is 0 Å². The van der Waals surface area contributed by atoms with Gasteiger partial charge >= 0.3 is 0 Å². The summed E-state index contributed by atoms with van der Waals surface area (Å²) in [6.45, 7) is 2.32. The van der Waals surface area contributed by atoms with Crippen LogP contribution in [0.5, 0.6) is 0 Å². The molecule has 1 atom stereocenters. The normalized spacial score (nSPS) is 15.4. The summed E-state index contributed by atoms with van der Waals surface area (Å²) in [6, 6.07) is 9.60. The molecular weight excluding hydrogens is 331 g/mol. The molecule has 25 heavy (non-hydrogen) atoms. The van der Waals surface area contributed by atoms with Gasteiger partial charge in [-0.25, -0.2) is 13.5 Å². The van der Waals surface area contributed by atoms with Crippen molar-refractivity contribution in [2.24, 2.45) is 7.05 Å². The van der Waals surface area contributed by atoms with Crippen molar-refractivity contribution >= 4 is 5.91 Å². The van der Waals surface area contributed by atoms with Gasteiger partial charge in [0.2, 0.25) is 5.95 Å². The number of carbonyl (C=O) groups is 1. The Bertz CT molecular complexity index is 756. The van der Waals surface area contributed by atoms with Crippen LogP contribution in [0.15, 0.2) is 30.3 Å². The van der Waals surface area contributed by atoms with Crippen LogP contribution in [0.1, 0.15) is 53.7 Å². The van der Waals surface area contributed by atoms with Crippen LogP contribution in [0.3, 0.4) is 0 Å². The van der Waals surface area contributed by atoms with Crippen molar-refractivity contribution in [1.29, 1.82) is 0 Å². The van der Waals surface area contributed by atoms with Gasteiger partial charge in [0.25, 0.3) is 12.3 Å². The Kier molecular flexibility index (Phi) is 4.83. The third-order valence-electron chi connectivity index (χ3n) is 4.51. The molecule has 2 aromatic rings. The zero-order valence-electron chi connectivity index (χ0n) is 14.1. The van der Waals surface area contributed by atoms with Gasteiger partial charge in [0.15, 0.2) is 0 Å². The first kappa shape index (κ1) is 17.5. The second kappa shape index (κ2) is 6.90. The topological polar surface area (TPSA) is 38.1 Å². The van der Waals surface area contributed by atoms with Crippen molar-refractivity contribution in [2.75, 3.05) is 6.54 Å². The summed E-state index contributed by atoms with van der Waals surface area (Å²) in [5, 5.41) is 3.47. The molecule has 0 aliphatic heterocycles. The number of nitrogens with zero attached hydrogens (tertiary/aromatic N) is 3. The lowest BCUT2D eigenvalue weighted by Crippen LogP contribution is -2.37. The lowest BCUT2D eigenvalue weighted by molar-refractivity contribution is 0.0716. The zero-order chi connectivity index (χ0) is 18.1. The van der Waals surface area contributed by atoms with Gasteiger partial charge in [0.05, 0.1) is 0 Å². The maximum Gasteiger partial charge on any atom is 0.283 e. The third-order valence-corrected chi connectivity index (χ3v) is 4.51. The minimum Gasteiger partial charge on any atom is -0.335 e. The average Bonchev–Trinajstić information content (AvgIpc) is 3.39. The lowest BCUT2D eigenvalue weighted by Gasteiger charge is -2.26. The number of hydrogen-bond donors (Lipinski definition) is 0. The molecule has 0 saturated heterocycles. The van der Waals surface area contributed by atoms with E-state index in [4.69, 9.17) is 0 Å². The molecule has 3 rings (SSSR count). The molecule has 1 aromatic heterocycles. The molecule has 1 heterocycles. The summed E-state index contributed by atoms with van der Waals surface area (Å²) < 4.78 is 41.3. The second-order valence-electron chi connectivity index (χ2n) is 6.48. The third kappa shape index (κ3) is 3.55. The van der Waals surface area contributed by atoms with Gasteiger partial charge < -0.3 is 4.90 Å². The number of carbonyl (C=O) groups excluding carboxylic acids is 1. The predicted octanol–water partition coefficient (Wildman–Crippen LogP) is 3.91. The van der Waals surface area contributed by atoms with Crippen molar-refractivity contribution in [3.8, 4) is 0 Å². The van der Waals surface area contributed by atoms with E-state index in [-0.39, 0.29) is 12.0 Å². The first-order valence-electron chi connectivity index (χ1n) is 8.26. The second-order valence-corrected chi connectivity index (χ2v) is 6.48. The van der Waals surface area contributed by atoms with E-state index in [9.17, 15) is 18.0 Å². The van der Waals surface area contributed by atoms with Crippen LogP contribution in [0, 0.1) is 5.95 Å². The largest absolute Gasteiger partial charge is 0.335 e. The number of aromatic nitrogens is 2. The summed E-state index contributed by atoms with van der Waals surface area (Å²) in [5.41, 5.74) is -0.352. The highest BCUT2D eigenvalue weighted by molar-refractivity contribution is 5.96.